The summed E-state index contributed by atoms with van der Waals surface area (Å²) in [6.07, 6.45) is 0. The summed E-state index contributed by atoms with van der Waals surface area (Å²) in [4.78, 5) is 15.5. The van der Waals surface area contributed by atoms with Gasteiger partial charge >= 0.3 is 0 Å². The van der Waals surface area contributed by atoms with Gasteiger partial charge in [-0.15, -0.1) is 0 Å². The first-order valence-corrected chi connectivity index (χ1v) is 17.3. The highest BCUT2D eigenvalue weighted by Gasteiger charge is 2.20. The van der Waals surface area contributed by atoms with E-state index in [0.717, 1.165) is 77.1 Å². The minimum absolute atomic E-state index is 0.579. The smallest absolute Gasteiger partial charge is 0.164 e. The molecule has 11 rings (SSSR count). The van der Waals surface area contributed by atoms with Crippen LogP contribution in [-0.2, 0) is 0 Å². The molecule has 0 aliphatic carbocycles. The van der Waals surface area contributed by atoms with Crippen molar-refractivity contribution in [1.82, 2.24) is 15.0 Å². The van der Waals surface area contributed by atoms with E-state index in [4.69, 9.17) is 23.8 Å². The molecule has 0 radical (unpaired) electrons. The molecule has 3 aromatic heterocycles. The largest absolute Gasteiger partial charge is 0.456 e. The van der Waals surface area contributed by atoms with Crippen LogP contribution in [0.25, 0.3) is 111 Å². The fraction of sp³-hybridized carbons (Fsp3) is 0. The van der Waals surface area contributed by atoms with Crippen molar-refractivity contribution in [2.75, 3.05) is 0 Å². The molecule has 0 aliphatic rings. The molecular weight excluding hydrogens is 639 g/mol. The van der Waals surface area contributed by atoms with Gasteiger partial charge in [-0.3, -0.25) is 0 Å². The zero-order valence-corrected chi connectivity index (χ0v) is 27.7. The highest BCUT2D eigenvalue weighted by Crippen LogP contribution is 2.41. The predicted molar refractivity (Wildman–Crippen MR) is 211 cm³/mol. The molecule has 0 saturated carbocycles. The number of aromatic nitrogens is 3. The molecule has 0 N–H and O–H groups in total. The Balaban J connectivity index is 1.18. The Morgan fingerprint density at radius 1 is 0.308 bits per heavy atom. The summed E-state index contributed by atoms with van der Waals surface area (Å²) < 4.78 is 12.7. The van der Waals surface area contributed by atoms with E-state index in [-0.39, 0.29) is 0 Å². The van der Waals surface area contributed by atoms with Gasteiger partial charge in [-0.1, -0.05) is 121 Å². The Morgan fingerprint density at radius 2 is 0.885 bits per heavy atom. The Bertz CT molecular complexity index is 3190. The molecule has 8 aromatic carbocycles. The van der Waals surface area contributed by atoms with Crippen LogP contribution in [0, 0.1) is 0 Å². The molecule has 0 fully saturated rings. The lowest BCUT2D eigenvalue weighted by atomic mass is 9.97. The Hall–Kier alpha value is -7.11. The lowest BCUT2D eigenvalue weighted by Gasteiger charge is -2.12. The van der Waals surface area contributed by atoms with E-state index in [9.17, 15) is 0 Å². The number of hydrogen-bond donors (Lipinski definition) is 0. The quantitative estimate of drug-likeness (QED) is 0.175. The third kappa shape index (κ3) is 4.53. The van der Waals surface area contributed by atoms with Crippen LogP contribution in [0.1, 0.15) is 0 Å². The molecular formula is C47H27N3O2. The molecule has 11 aromatic rings. The fourth-order valence-electron chi connectivity index (χ4n) is 7.59. The van der Waals surface area contributed by atoms with E-state index in [0.29, 0.717) is 17.5 Å². The van der Waals surface area contributed by atoms with Gasteiger partial charge in [0.1, 0.15) is 22.3 Å². The summed E-state index contributed by atoms with van der Waals surface area (Å²) in [7, 11) is 0. The number of fused-ring (bicyclic) bond motifs is 9. The van der Waals surface area contributed by atoms with Crippen LogP contribution >= 0.6 is 0 Å². The molecule has 0 saturated heterocycles. The normalized spacial score (nSPS) is 11.8. The second-order valence-electron chi connectivity index (χ2n) is 13.2. The molecule has 52 heavy (non-hydrogen) atoms. The van der Waals surface area contributed by atoms with Gasteiger partial charge in [0.15, 0.2) is 17.5 Å². The van der Waals surface area contributed by atoms with Crippen molar-refractivity contribution < 1.29 is 8.83 Å². The first-order chi connectivity index (χ1) is 25.7. The minimum Gasteiger partial charge on any atom is -0.456 e. The molecule has 0 amide bonds. The van der Waals surface area contributed by atoms with E-state index in [1.165, 1.54) is 16.2 Å². The summed E-state index contributed by atoms with van der Waals surface area (Å²) in [6, 6.07) is 56.4. The predicted octanol–water partition coefficient (Wildman–Crippen LogP) is 12.6. The van der Waals surface area contributed by atoms with Crippen LogP contribution < -0.4 is 0 Å². The van der Waals surface area contributed by atoms with Crippen LogP contribution in [0.3, 0.4) is 0 Å². The third-order valence-electron chi connectivity index (χ3n) is 10.1. The molecule has 3 heterocycles. The summed E-state index contributed by atoms with van der Waals surface area (Å²) in [5.74, 6) is 1.79. The average Bonchev–Trinajstić information content (AvgIpc) is 3.78. The number of hydrogen-bond acceptors (Lipinski definition) is 5. The van der Waals surface area contributed by atoms with Gasteiger partial charge < -0.3 is 8.83 Å². The van der Waals surface area contributed by atoms with Crippen LogP contribution in [0.2, 0.25) is 0 Å². The first-order valence-electron chi connectivity index (χ1n) is 17.3. The highest BCUT2D eigenvalue weighted by molar-refractivity contribution is 6.14. The molecule has 5 heteroatoms. The van der Waals surface area contributed by atoms with Crippen molar-refractivity contribution in [2.24, 2.45) is 0 Å². The van der Waals surface area contributed by atoms with E-state index in [1.54, 1.807) is 0 Å². The van der Waals surface area contributed by atoms with Gasteiger partial charge in [0.25, 0.3) is 0 Å². The van der Waals surface area contributed by atoms with Crippen LogP contribution in [0.5, 0.6) is 0 Å². The maximum absolute atomic E-state index is 6.55. The van der Waals surface area contributed by atoms with Crippen molar-refractivity contribution in [3.05, 3.63) is 164 Å². The van der Waals surface area contributed by atoms with Crippen molar-refractivity contribution in [3.8, 4) is 45.3 Å². The van der Waals surface area contributed by atoms with Crippen molar-refractivity contribution in [3.63, 3.8) is 0 Å². The molecule has 0 atom stereocenters. The van der Waals surface area contributed by atoms with Gasteiger partial charge in [-0.2, -0.15) is 0 Å². The molecule has 5 nitrogen and oxygen atoms in total. The van der Waals surface area contributed by atoms with Crippen molar-refractivity contribution in [1.29, 1.82) is 0 Å². The molecule has 0 aliphatic heterocycles. The second kappa shape index (κ2) is 11.2. The third-order valence-corrected chi connectivity index (χ3v) is 10.1. The van der Waals surface area contributed by atoms with Gasteiger partial charge in [0.05, 0.1) is 0 Å². The molecule has 0 unspecified atom stereocenters. The van der Waals surface area contributed by atoms with E-state index < -0.39 is 0 Å². The number of nitrogens with zero attached hydrogens (tertiary/aromatic N) is 3. The average molecular weight is 666 g/mol. The fourth-order valence-corrected chi connectivity index (χ4v) is 7.59. The highest BCUT2D eigenvalue weighted by atomic mass is 16.3. The van der Waals surface area contributed by atoms with E-state index >= 15 is 0 Å². The Morgan fingerprint density at radius 3 is 1.73 bits per heavy atom. The van der Waals surface area contributed by atoms with Gasteiger partial charge in [-0.05, 0) is 75.1 Å². The Kier molecular flexibility index (Phi) is 6.18. The van der Waals surface area contributed by atoms with Gasteiger partial charge in [0.2, 0.25) is 0 Å². The summed E-state index contributed by atoms with van der Waals surface area (Å²) >= 11 is 0. The molecule has 0 bridgehead atoms. The summed E-state index contributed by atoms with van der Waals surface area (Å²) in [6.45, 7) is 0. The number of benzene rings is 8. The maximum Gasteiger partial charge on any atom is 0.164 e. The molecule has 242 valence electrons. The summed E-state index contributed by atoms with van der Waals surface area (Å²) in [5, 5.41) is 8.85. The Labute approximate surface area is 297 Å². The lowest BCUT2D eigenvalue weighted by molar-refractivity contribution is 0.669. The zero-order chi connectivity index (χ0) is 34.2. The lowest BCUT2D eigenvalue weighted by Crippen LogP contribution is -2.00. The first kappa shape index (κ1) is 28.7. The monoisotopic (exact) mass is 665 g/mol. The zero-order valence-electron chi connectivity index (χ0n) is 27.7. The van der Waals surface area contributed by atoms with Crippen molar-refractivity contribution >= 4 is 65.4 Å². The summed E-state index contributed by atoms with van der Waals surface area (Å²) in [5.41, 5.74) is 8.06. The number of para-hydroxylation sites is 2. The van der Waals surface area contributed by atoms with Gasteiger partial charge in [-0.25, -0.2) is 15.0 Å². The van der Waals surface area contributed by atoms with Crippen LogP contribution in [0.4, 0.5) is 0 Å². The van der Waals surface area contributed by atoms with Crippen LogP contribution in [-0.4, -0.2) is 15.0 Å². The topological polar surface area (TPSA) is 65.0 Å². The standard InChI is InChI=1S/C47H27N3O2/c1-2-11-30(12-3-1)45-48-46(32-21-20-29-19-18-28-10-4-5-13-34(28)37(29)25-32)50-47(49-45)39-26-33(27-43-44(39)36-15-7-9-17-41(36)52-43)31-22-23-42-38(24-31)35-14-6-8-16-40(35)51-42/h1-27H. The number of furan rings is 2. The second-order valence-corrected chi connectivity index (χ2v) is 13.2. The van der Waals surface area contributed by atoms with E-state index in [2.05, 4.69) is 91.0 Å². The van der Waals surface area contributed by atoms with E-state index in [1.807, 2.05) is 72.8 Å². The molecule has 0 spiro atoms. The minimum atomic E-state index is 0.579. The maximum atomic E-state index is 6.55. The van der Waals surface area contributed by atoms with Gasteiger partial charge in [0, 0.05) is 38.2 Å². The van der Waals surface area contributed by atoms with Crippen molar-refractivity contribution in [2.45, 2.75) is 0 Å². The SMILES string of the molecule is c1ccc(-c2nc(-c3ccc4ccc5ccccc5c4c3)nc(-c3cc(-c4ccc5oc6ccccc6c5c4)cc4oc5ccccc5c34)n2)cc1. The number of rotatable bonds is 4. The van der Waals surface area contributed by atoms with Crippen LogP contribution in [0.15, 0.2) is 173 Å².